The van der Waals surface area contributed by atoms with Gasteiger partial charge in [0.2, 0.25) is 0 Å². The predicted octanol–water partition coefficient (Wildman–Crippen LogP) is 2.97. The SMILES string of the molecule is CC(C(=O)O)c1ccc(O)c(NC(=O)c2ccc(F)cc2)c1. The summed E-state index contributed by atoms with van der Waals surface area (Å²) in [5, 5.41) is 21.2. The first kappa shape index (κ1) is 15.5. The van der Waals surface area contributed by atoms with Gasteiger partial charge in [-0.25, -0.2) is 4.39 Å². The Morgan fingerprint density at radius 2 is 1.77 bits per heavy atom. The van der Waals surface area contributed by atoms with Crippen molar-refractivity contribution in [2.24, 2.45) is 0 Å². The fourth-order valence-electron chi connectivity index (χ4n) is 1.86. The second-order valence-corrected chi connectivity index (χ2v) is 4.80. The van der Waals surface area contributed by atoms with Crippen LogP contribution in [-0.4, -0.2) is 22.1 Å². The molecule has 2 rings (SSSR count). The second kappa shape index (κ2) is 6.26. The molecule has 0 aliphatic rings. The number of hydrogen-bond donors (Lipinski definition) is 3. The summed E-state index contributed by atoms with van der Waals surface area (Å²) in [5.74, 6) is -2.97. The van der Waals surface area contributed by atoms with E-state index in [4.69, 9.17) is 5.11 Å². The number of aromatic hydroxyl groups is 1. The van der Waals surface area contributed by atoms with Gasteiger partial charge in [-0.05, 0) is 48.9 Å². The van der Waals surface area contributed by atoms with E-state index in [2.05, 4.69) is 5.32 Å². The lowest BCUT2D eigenvalue weighted by Crippen LogP contribution is -2.13. The molecule has 0 radical (unpaired) electrons. The number of halogens is 1. The Morgan fingerprint density at radius 1 is 1.14 bits per heavy atom. The van der Waals surface area contributed by atoms with Crippen molar-refractivity contribution in [3.05, 3.63) is 59.4 Å². The number of carbonyl (C=O) groups excluding carboxylic acids is 1. The number of carboxylic acids is 1. The number of benzene rings is 2. The molecule has 1 amide bonds. The molecule has 1 unspecified atom stereocenters. The van der Waals surface area contributed by atoms with Crippen LogP contribution < -0.4 is 5.32 Å². The van der Waals surface area contributed by atoms with Crippen LogP contribution in [0.1, 0.15) is 28.8 Å². The van der Waals surface area contributed by atoms with Crippen molar-refractivity contribution in [2.75, 3.05) is 5.32 Å². The summed E-state index contributed by atoms with van der Waals surface area (Å²) in [7, 11) is 0. The van der Waals surface area contributed by atoms with E-state index < -0.39 is 23.6 Å². The van der Waals surface area contributed by atoms with E-state index in [9.17, 15) is 19.1 Å². The number of phenolic OH excluding ortho intramolecular Hbond substituents is 1. The zero-order chi connectivity index (χ0) is 16.3. The molecule has 0 saturated heterocycles. The van der Waals surface area contributed by atoms with Gasteiger partial charge in [0.25, 0.3) is 5.91 Å². The molecule has 5 nitrogen and oxygen atoms in total. The van der Waals surface area contributed by atoms with Crippen LogP contribution in [0, 0.1) is 5.82 Å². The van der Waals surface area contributed by atoms with Gasteiger partial charge in [0.15, 0.2) is 0 Å². The van der Waals surface area contributed by atoms with Crippen LogP contribution in [0.2, 0.25) is 0 Å². The van der Waals surface area contributed by atoms with Gasteiger partial charge in [0.05, 0.1) is 11.6 Å². The molecule has 0 heterocycles. The highest BCUT2D eigenvalue weighted by Crippen LogP contribution is 2.28. The number of hydrogen-bond acceptors (Lipinski definition) is 3. The topological polar surface area (TPSA) is 86.6 Å². The van der Waals surface area contributed by atoms with Crippen LogP contribution in [0.25, 0.3) is 0 Å². The first-order valence-corrected chi connectivity index (χ1v) is 6.51. The first-order chi connectivity index (χ1) is 10.4. The minimum atomic E-state index is -1.01. The van der Waals surface area contributed by atoms with E-state index >= 15 is 0 Å². The zero-order valence-corrected chi connectivity index (χ0v) is 11.7. The molecule has 6 heteroatoms. The summed E-state index contributed by atoms with van der Waals surface area (Å²) in [6.45, 7) is 1.50. The Morgan fingerprint density at radius 3 is 2.36 bits per heavy atom. The van der Waals surface area contributed by atoms with E-state index in [1.165, 1.54) is 37.3 Å². The van der Waals surface area contributed by atoms with Crippen molar-refractivity contribution in [3.63, 3.8) is 0 Å². The Kier molecular flexibility index (Phi) is 4.41. The van der Waals surface area contributed by atoms with Crippen LogP contribution in [0.3, 0.4) is 0 Å². The maximum atomic E-state index is 12.8. The normalized spacial score (nSPS) is 11.7. The highest BCUT2D eigenvalue weighted by molar-refractivity contribution is 6.05. The van der Waals surface area contributed by atoms with Crippen LogP contribution in [0.5, 0.6) is 5.75 Å². The molecule has 1 atom stereocenters. The molecule has 0 aromatic heterocycles. The number of carbonyl (C=O) groups is 2. The maximum absolute atomic E-state index is 12.8. The Bertz CT molecular complexity index is 713. The number of carboxylic acid groups (broad SMARTS) is 1. The lowest BCUT2D eigenvalue weighted by atomic mass is 10.0. The van der Waals surface area contributed by atoms with Crippen molar-refractivity contribution in [3.8, 4) is 5.75 Å². The zero-order valence-electron chi connectivity index (χ0n) is 11.7. The van der Waals surface area contributed by atoms with Crippen LogP contribution in [0.4, 0.5) is 10.1 Å². The molecule has 2 aromatic rings. The summed E-state index contributed by atoms with van der Waals surface area (Å²) in [6.07, 6.45) is 0. The molecule has 0 fully saturated rings. The molecular formula is C16H14FNO4. The van der Waals surface area contributed by atoms with Crippen LogP contribution in [-0.2, 0) is 4.79 Å². The summed E-state index contributed by atoms with van der Waals surface area (Å²) in [4.78, 5) is 23.0. The fraction of sp³-hybridized carbons (Fsp3) is 0.125. The molecule has 0 bridgehead atoms. The average Bonchev–Trinajstić information content (AvgIpc) is 2.49. The highest BCUT2D eigenvalue weighted by atomic mass is 19.1. The lowest BCUT2D eigenvalue weighted by molar-refractivity contribution is -0.138. The smallest absolute Gasteiger partial charge is 0.310 e. The lowest BCUT2D eigenvalue weighted by Gasteiger charge is -2.12. The number of phenols is 1. The summed E-state index contributed by atoms with van der Waals surface area (Å²) < 4.78 is 12.8. The van der Waals surface area contributed by atoms with Gasteiger partial charge >= 0.3 is 5.97 Å². The Labute approximate surface area is 126 Å². The van der Waals surface area contributed by atoms with Gasteiger partial charge in [-0.3, -0.25) is 9.59 Å². The van der Waals surface area contributed by atoms with Crippen molar-refractivity contribution >= 4 is 17.6 Å². The molecule has 0 spiro atoms. The number of rotatable bonds is 4. The largest absolute Gasteiger partial charge is 0.506 e. The minimum Gasteiger partial charge on any atom is -0.506 e. The third-order valence-electron chi connectivity index (χ3n) is 3.25. The quantitative estimate of drug-likeness (QED) is 0.758. The minimum absolute atomic E-state index is 0.0972. The van der Waals surface area contributed by atoms with Crippen molar-refractivity contribution in [1.82, 2.24) is 0 Å². The standard InChI is InChI=1S/C16H14FNO4/c1-9(16(21)22)11-4-7-14(19)13(8-11)18-15(20)10-2-5-12(17)6-3-10/h2-9,19H,1H3,(H,18,20)(H,21,22). The number of nitrogens with one attached hydrogen (secondary N) is 1. The molecule has 0 aliphatic heterocycles. The monoisotopic (exact) mass is 303 g/mol. The molecule has 0 aliphatic carbocycles. The third kappa shape index (κ3) is 3.41. The predicted molar refractivity (Wildman–Crippen MR) is 78.5 cm³/mol. The highest BCUT2D eigenvalue weighted by Gasteiger charge is 2.16. The molecule has 22 heavy (non-hydrogen) atoms. The van der Waals surface area contributed by atoms with E-state index in [0.29, 0.717) is 5.56 Å². The Balaban J connectivity index is 2.25. The van der Waals surface area contributed by atoms with Crippen molar-refractivity contribution in [2.45, 2.75) is 12.8 Å². The number of anilines is 1. The molecule has 3 N–H and O–H groups in total. The van der Waals surface area contributed by atoms with Gasteiger partial charge in [-0.2, -0.15) is 0 Å². The third-order valence-corrected chi connectivity index (χ3v) is 3.25. The van der Waals surface area contributed by atoms with Crippen molar-refractivity contribution in [1.29, 1.82) is 0 Å². The maximum Gasteiger partial charge on any atom is 0.310 e. The number of aliphatic carboxylic acids is 1. The van der Waals surface area contributed by atoms with Crippen molar-refractivity contribution < 1.29 is 24.2 Å². The van der Waals surface area contributed by atoms with E-state index in [0.717, 1.165) is 12.1 Å². The molecular weight excluding hydrogens is 289 g/mol. The van der Waals surface area contributed by atoms with Gasteiger partial charge in [-0.15, -0.1) is 0 Å². The van der Waals surface area contributed by atoms with E-state index in [1.54, 1.807) is 0 Å². The molecule has 114 valence electrons. The van der Waals surface area contributed by atoms with Crippen LogP contribution >= 0.6 is 0 Å². The van der Waals surface area contributed by atoms with Gasteiger partial charge in [0.1, 0.15) is 11.6 Å². The van der Waals surface area contributed by atoms with E-state index in [1.807, 2.05) is 0 Å². The summed E-state index contributed by atoms with van der Waals surface area (Å²) in [6, 6.07) is 9.11. The molecule has 2 aromatic carbocycles. The van der Waals surface area contributed by atoms with Gasteiger partial charge in [0, 0.05) is 5.56 Å². The summed E-state index contributed by atoms with van der Waals surface area (Å²) >= 11 is 0. The van der Waals surface area contributed by atoms with Gasteiger partial charge < -0.3 is 15.5 Å². The average molecular weight is 303 g/mol. The second-order valence-electron chi connectivity index (χ2n) is 4.80. The van der Waals surface area contributed by atoms with E-state index in [-0.39, 0.29) is 17.0 Å². The molecule has 0 saturated carbocycles. The summed E-state index contributed by atoms with van der Waals surface area (Å²) in [5.41, 5.74) is 0.761. The van der Waals surface area contributed by atoms with Gasteiger partial charge in [-0.1, -0.05) is 6.07 Å². The fourth-order valence-corrected chi connectivity index (χ4v) is 1.86. The number of amides is 1. The first-order valence-electron chi connectivity index (χ1n) is 6.51. The Hall–Kier alpha value is -2.89. The van der Waals surface area contributed by atoms with Crippen LogP contribution in [0.15, 0.2) is 42.5 Å².